The van der Waals surface area contributed by atoms with E-state index in [0.717, 1.165) is 23.2 Å². The van der Waals surface area contributed by atoms with Gasteiger partial charge in [-0.1, -0.05) is 12.1 Å². The van der Waals surface area contributed by atoms with E-state index in [4.69, 9.17) is 4.74 Å². The molecule has 3 aromatic rings. The fourth-order valence-electron chi connectivity index (χ4n) is 3.53. The standard InChI is InChI=1S/C20H19F3N4O2/c1-12-16-9-14(10-24-18(16)26(2)25-12)19(28)27-7-8-29-17(11-27)13-3-5-15(6-4-13)20(21,22)23/h3-6,9-10,17H,7-8,11H2,1-2H3. The molecular formula is C20H19F3N4O2. The Labute approximate surface area is 164 Å². The van der Waals surface area contributed by atoms with Crippen molar-refractivity contribution in [2.24, 2.45) is 7.05 Å². The van der Waals surface area contributed by atoms with Gasteiger partial charge in [-0.05, 0) is 30.7 Å². The van der Waals surface area contributed by atoms with Crippen molar-refractivity contribution in [3.05, 3.63) is 58.9 Å². The van der Waals surface area contributed by atoms with Gasteiger partial charge in [0.1, 0.15) is 6.10 Å². The molecule has 29 heavy (non-hydrogen) atoms. The minimum atomic E-state index is -4.38. The molecule has 152 valence electrons. The van der Waals surface area contributed by atoms with Gasteiger partial charge >= 0.3 is 6.18 Å². The number of carbonyl (C=O) groups excluding carboxylic acids is 1. The van der Waals surface area contributed by atoms with Crippen molar-refractivity contribution in [3.63, 3.8) is 0 Å². The van der Waals surface area contributed by atoms with Crippen LogP contribution in [0.5, 0.6) is 0 Å². The second kappa shape index (κ2) is 7.14. The first-order chi connectivity index (χ1) is 13.7. The van der Waals surface area contributed by atoms with Crippen molar-refractivity contribution in [1.29, 1.82) is 0 Å². The molecule has 1 amide bonds. The first kappa shape index (κ1) is 19.4. The summed E-state index contributed by atoms with van der Waals surface area (Å²) >= 11 is 0. The van der Waals surface area contributed by atoms with Crippen LogP contribution in [0.2, 0.25) is 0 Å². The number of rotatable bonds is 2. The maximum atomic E-state index is 13.0. The molecular weight excluding hydrogens is 385 g/mol. The van der Waals surface area contributed by atoms with Gasteiger partial charge in [0, 0.05) is 25.2 Å². The fourth-order valence-corrected chi connectivity index (χ4v) is 3.53. The Balaban J connectivity index is 1.53. The summed E-state index contributed by atoms with van der Waals surface area (Å²) < 4.78 is 45.6. The molecule has 0 aliphatic carbocycles. The molecule has 1 aliphatic rings. The molecule has 4 rings (SSSR count). The quantitative estimate of drug-likeness (QED) is 0.656. The summed E-state index contributed by atoms with van der Waals surface area (Å²) in [5, 5.41) is 5.12. The summed E-state index contributed by atoms with van der Waals surface area (Å²) in [6.45, 7) is 2.82. The number of hydrogen-bond acceptors (Lipinski definition) is 4. The van der Waals surface area contributed by atoms with Crippen LogP contribution in [-0.4, -0.2) is 45.3 Å². The van der Waals surface area contributed by atoms with Crippen LogP contribution in [0.4, 0.5) is 13.2 Å². The molecule has 0 spiro atoms. The van der Waals surface area contributed by atoms with E-state index < -0.39 is 17.8 Å². The highest BCUT2D eigenvalue weighted by molar-refractivity contribution is 5.97. The highest BCUT2D eigenvalue weighted by Crippen LogP contribution is 2.31. The molecule has 0 saturated carbocycles. The molecule has 6 nitrogen and oxygen atoms in total. The average Bonchev–Trinajstić information content (AvgIpc) is 3.00. The third kappa shape index (κ3) is 3.69. The zero-order chi connectivity index (χ0) is 20.8. The molecule has 2 aromatic heterocycles. The molecule has 1 aliphatic heterocycles. The third-order valence-corrected chi connectivity index (χ3v) is 5.07. The van der Waals surface area contributed by atoms with Crippen LogP contribution in [0.1, 0.15) is 33.3 Å². The number of halogens is 3. The van der Waals surface area contributed by atoms with Crippen LogP contribution in [0.3, 0.4) is 0 Å². The normalized spacial score (nSPS) is 17.7. The zero-order valence-electron chi connectivity index (χ0n) is 15.9. The number of morpholine rings is 1. The van der Waals surface area contributed by atoms with E-state index in [1.165, 1.54) is 18.3 Å². The number of aryl methyl sites for hydroxylation is 2. The molecule has 3 heterocycles. The lowest BCUT2D eigenvalue weighted by atomic mass is 10.0. The lowest BCUT2D eigenvalue weighted by Crippen LogP contribution is -2.42. The summed E-state index contributed by atoms with van der Waals surface area (Å²) in [7, 11) is 1.79. The number of pyridine rings is 1. The molecule has 1 saturated heterocycles. The van der Waals surface area contributed by atoms with Crippen molar-refractivity contribution in [3.8, 4) is 0 Å². The monoisotopic (exact) mass is 404 g/mol. The molecule has 0 bridgehead atoms. The Hall–Kier alpha value is -2.94. The van der Waals surface area contributed by atoms with Crippen molar-refractivity contribution >= 4 is 16.9 Å². The van der Waals surface area contributed by atoms with Crippen LogP contribution in [0.15, 0.2) is 36.5 Å². The molecule has 1 fully saturated rings. The van der Waals surface area contributed by atoms with Gasteiger partial charge in [0.15, 0.2) is 5.65 Å². The number of fused-ring (bicyclic) bond motifs is 1. The maximum absolute atomic E-state index is 13.0. The maximum Gasteiger partial charge on any atom is 0.416 e. The van der Waals surface area contributed by atoms with E-state index in [2.05, 4.69) is 10.1 Å². The van der Waals surface area contributed by atoms with Crippen molar-refractivity contribution in [1.82, 2.24) is 19.7 Å². The number of hydrogen-bond donors (Lipinski definition) is 0. The fraction of sp³-hybridized carbons (Fsp3) is 0.350. The minimum absolute atomic E-state index is 0.192. The molecule has 1 atom stereocenters. The Kier molecular flexibility index (Phi) is 4.77. The Bertz CT molecular complexity index is 1060. The van der Waals surface area contributed by atoms with Crippen LogP contribution in [-0.2, 0) is 18.0 Å². The van der Waals surface area contributed by atoms with E-state index in [1.54, 1.807) is 22.7 Å². The van der Waals surface area contributed by atoms with Crippen LogP contribution < -0.4 is 0 Å². The Morgan fingerprint density at radius 1 is 1.24 bits per heavy atom. The van der Waals surface area contributed by atoms with Crippen molar-refractivity contribution in [2.75, 3.05) is 19.7 Å². The minimum Gasteiger partial charge on any atom is -0.370 e. The Morgan fingerprint density at radius 3 is 2.66 bits per heavy atom. The largest absolute Gasteiger partial charge is 0.416 e. The van der Waals surface area contributed by atoms with Crippen molar-refractivity contribution < 1.29 is 22.7 Å². The number of ether oxygens (including phenoxy) is 1. The van der Waals surface area contributed by atoms with E-state index in [1.807, 2.05) is 6.92 Å². The second-order valence-corrected chi connectivity index (χ2v) is 7.03. The number of aromatic nitrogens is 3. The Morgan fingerprint density at radius 2 is 1.97 bits per heavy atom. The van der Waals surface area contributed by atoms with Gasteiger partial charge in [-0.2, -0.15) is 18.3 Å². The zero-order valence-corrected chi connectivity index (χ0v) is 15.9. The number of alkyl halides is 3. The van der Waals surface area contributed by atoms with Gasteiger partial charge < -0.3 is 9.64 Å². The molecule has 1 aromatic carbocycles. The van der Waals surface area contributed by atoms with Gasteiger partial charge in [-0.25, -0.2) is 4.98 Å². The number of nitrogens with zero attached hydrogens (tertiary/aromatic N) is 4. The van der Waals surface area contributed by atoms with E-state index in [9.17, 15) is 18.0 Å². The van der Waals surface area contributed by atoms with Gasteiger partial charge in [0.2, 0.25) is 0 Å². The lowest BCUT2D eigenvalue weighted by Gasteiger charge is -2.33. The number of amides is 1. The van der Waals surface area contributed by atoms with E-state index in [-0.39, 0.29) is 12.5 Å². The summed E-state index contributed by atoms with van der Waals surface area (Å²) in [4.78, 5) is 19.0. The summed E-state index contributed by atoms with van der Waals surface area (Å²) in [6, 6.07) is 6.63. The van der Waals surface area contributed by atoms with Gasteiger partial charge in [-0.15, -0.1) is 0 Å². The number of benzene rings is 1. The topological polar surface area (TPSA) is 60.2 Å². The highest BCUT2D eigenvalue weighted by atomic mass is 19.4. The second-order valence-electron chi connectivity index (χ2n) is 7.03. The van der Waals surface area contributed by atoms with Gasteiger partial charge in [0.05, 0.1) is 30.0 Å². The first-order valence-electron chi connectivity index (χ1n) is 9.11. The lowest BCUT2D eigenvalue weighted by molar-refractivity contribution is -0.137. The molecule has 0 N–H and O–H groups in total. The summed E-state index contributed by atoms with van der Waals surface area (Å²) in [6.07, 6.45) is -3.34. The van der Waals surface area contributed by atoms with Gasteiger partial charge in [0.25, 0.3) is 5.91 Å². The predicted octanol–water partition coefficient (Wildman–Crippen LogP) is 3.51. The first-order valence-corrected chi connectivity index (χ1v) is 9.11. The predicted molar refractivity (Wildman–Crippen MR) is 99.3 cm³/mol. The molecule has 1 unspecified atom stereocenters. The van der Waals surface area contributed by atoms with Crippen LogP contribution in [0.25, 0.3) is 11.0 Å². The average molecular weight is 404 g/mol. The SMILES string of the molecule is Cc1nn(C)c2ncc(C(=O)N3CCOC(c4ccc(C(F)(F)F)cc4)C3)cc12. The number of carbonyl (C=O) groups is 1. The summed E-state index contributed by atoms with van der Waals surface area (Å²) in [5.41, 5.74) is 1.82. The molecule has 0 radical (unpaired) electrons. The van der Waals surface area contributed by atoms with Crippen molar-refractivity contribution in [2.45, 2.75) is 19.2 Å². The van der Waals surface area contributed by atoms with Crippen LogP contribution >= 0.6 is 0 Å². The van der Waals surface area contributed by atoms with E-state index in [0.29, 0.717) is 29.9 Å². The highest BCUT2D eigenvalue weighted by Gasteiger charge is 2.31. The molecule has 9 heteroatoms. The third-order valence-electron chi connectivity index (χ3n) is 5.07. The van der Waals surface area contributed by atoms with Crippen LogP contribution in [0, 0.1) is 6.92 Å². The van der Waals surface area contributed by atoms with E-state index >= 15 is 0 Å². The summed E-state index contributed by atoms with van der Waals surface area (Å²) in [5.74, 6) is -0.192. The smallest absolute Gasteiger partial charge is 0.370 e. The van der Waals surface area contributed by atoms with Gasteiger partial charge in [-0.3, -0.25) is 9.48 Å².